The van der Waals surface area contributed by atoms with Crippen molar-refractivity contribution in [1.29, 1.82) is 0 Å². The quantitative estimate of drug-likeness (QED) is 0.796. The summed E-state index contributed by atoms with van der Waals surface area (Å²) >= 11 is 5.59. The Hall–Kier alpha value is -1.49. The molecule has 0 aromatic carbocycles. The van der Waals surface area contributed by atoms with Crippen molar-refractivity contribution in [2.24, 2.45) is 0 Å². The van der Waals surface area contributed by atoms with Crippen LogP contribution in [0.15, 0.2) is 16.5 Å². The van der Waals surface area contributed by atoms with Gasteiger partial charge < -0.3 is 14.6 Å². The molecule has 16 heavy (non-hydrogen) atoms. The molecule has 1 aromatic rings. The van der Waals surface area contributed by atoms with Crippen molar-refractivity contribution in [3.63, 3.8) is 0 Å². The third kappa shape index (κ3) is 2.36. The van der Waals surface area contributed by atoms with Crippen molar-refractivity contribution < 1.29 is 14.0 Å². The lowest BCUT2D eigenvalue weighted by Gasteiger charge is -2.17. The van der Waals surface area contributed by atoms with Gasteiger partial charge in [0.1, 0.15) is 0 Å². The lowest BCUT2D eigenvalue weighted by Crippen LogP contribution is -2.37. The average Bonchev–Trinajstić information content (AvgIpc) is 2.56. The zero-order chi connectivity index (χ0) is 11.5. The number of rotatable bonds is 1. The first-order valence-electron chi connectivity index (χ1n) is 4.98. The second-order valence-electron chi connectivity index (χ2n) is 3.53. The van der Waals surface area contributed by atoms with Crippen molar-refractivity contribution in [3.8, 4) is 0 Å². The Balaban J connectivity index is 2.11. The van der Waals surface area contributed by atoms with Crippen LogP contribution in [0.4, 0.5) is 0 Å². The average molecular weight is 243 g/mol. The van der Waals surface area contributed by atoms with Crippen LogP contribution < -0.4 is 5.32 Å². The summed E-state index contributed by atoms with van der Waals surface area (Å²) in [5, 5.41) is 2.87. The van der Waals surface area contributed by atoms with E-state index in [4.69, 9.17) is 16.0 Å². The minimum Gasteiger partial charge on any atom is -0.440 e. The van der Waals surface area contributed by atoms with Crippen molar-refractivity contribution in [2.45, 2.75) is 6.42 Å². The predicted molar refractivity (Wildman–Crippen MR) is 57.2 cm³/mol. The van der Waals surface area contributed by atoms with Crippen LogP contribution in [0.5, 0.6) is 0 Å². The largest absolute Gasteiger partial charge is 0.440 e. The van der Waals surface area contributed by atoms with E-state index < -0.39 is 0 Å². The third-order valence-electron chi connectivity index (χ3n) is 2.33. The molecule has 0 bridgehead atoms. The maximum Gasteiger partial charge on any atom is 0.290 e. The highest BCUT2D eigenvalue weighted by Crippen LogP contribution is 2.15. The molecule has 86 valence electrons. The summed E-state index contributed by atoms with van der Waals surface area (Å²) in [7, 11) is 0. The van der Waals surface area contributed by atoms with Gasteiger partial charge in [0.2, 0.25) is 5.91 Å². The van der Waals surface area contributed by atoms with Gasteiger partial charge in [0.25, 0.3) is 5.91 Å². The summed E-state index contributed by atoms with van der Waals surface area (Å²) in [5.41, 5.74) is 0. The molecule has 2 rings (SSSR count). The van der Waals surface area contributed by atoms with E-state index in [9.17, 15) is 9.59 Å². The van der Waals surface area contributed by atoms with Crippen molar-refractivity contribution >= 4 is 23.4 Å². The molecule has 2 heterocycles. The second-order valence-corrected chi connectivity index (χ2v) is 3.91. The zero-order valence-corrected chi connectivity index (χ0v) is 9.29. The molecule has 1 fully saturated rings. The minimum atomic E-state index is -0.302. The molecule has 1 aliphatic rings. The number of nitrogens with one attached hydrogen (secondary N) is 1. The molecule has 0 spiro atoms. The van der Waals surface area contributed by atoms with E-state index in [1.54, 1.807) is 0 Å². The van der Waals surface area contributed by atoms with Crippen LogP contribution >= 0.6 is 11.6 Å². The summed E-state index contributed by atoms with van der Waals surface area (Å²) in [6.45, 7) is 1.20. The van der Waals surface area contributed by atoms with Gasteiger partial charge in [-0.05, 0) is 30.2 Å². The Bertz CT molecular complexity index is 416. The van der Waals surface area contributed by atoms with E-state index in [0.717, 1.165) is 6.42 Å². The van der Waals surface area contributed by atoms with Gasteiger partial charge in [-0.25, -0.2) is 0 Å². The first-order chi connectivity index (χ1) is 7.66. The molecule has 1 N–H and O–H groups in total. The van der Waals surface area contributed by atoms with Gasteiger partial charge in [0, 0.05) is 13.1 Å². The summed E-state index contributed by atoms with van der Waals surface area (Å²) in [6.07, 6.45) is 0.742. The van der Waals surface area contributed by atoms with Gasteiger partial charge in [0.05, 0.1) is 6.54 Å². The molecule has 1 aliphatic heterocycles. The SMILES string of the molecule is O=C1CN(C(=O)c2ccc(Cl)o2)CCCN1. The Morgan fingerprint density at radius 1 is 1.50 bits per heavy atom. The molecular formula is C10H11ClN2O3. The van der Waals surface area contributed by atoms with Crippen LogP contribution in [0.25, 0.3) is 0 Å². The van der Waals surface area contributed by atoms with Crippen LogP contribution in [-0.4, -0.2) is 36.3 Å². The van der Waals surface area contributed by atoms with E-state index in [0.29, 0.717) is 13.1 Å². The predicted octanol–water partition coefficient (Wildman–Crippen LogP) is 0.895. The van der Waals surface area contributed by atoms with Crippen LogP contribution in [0, 0.1) is 0 Å². The summed E-state index contributed by atoms with van der Waals surface area (Å²) < 4.78 is 5.02. The van der Waals surface area contributed by atoms with Gasteiger partial charge in [-0.1, -0.05) is 0 Å². The smallest absolute Gasteiger partial charge is 0.290 e. The Morgan fingerprint density at radius 2 is 2.31 bits per heavy atom. The minimum absolute atomic E-state index is 0.0666. The van der Waals surface area contributed by atoms with Crippen molar-refractivity contribution in [1.82, 2.24) is 10.2 Å². The topological polar surface area (TPSA) is 62.6 Å². The number of nitrogens with zero attached hydrogens (tertiary/aromatic N) is 1. The maximum absolute atomic E-state index is 11.9. The molecule has 0 aliphatic carbocycles. The molecular weight excluding hydrogens is 232 g/mol. The molecule has 5 nitrogen and oxygen atoms in total. The molecule has 0 atom stereocenters. The summed E-state index contributed by atoms with van der Waals surface area (Å²) in [6, 6.07) is 3.01. The first kappa shape index (κ1) is 11.0. The lowest BCUT2D eigenvalue weighted by atomic mass is 10.3. The number of amides is 2. The van der Waals surface area contributed by atoms with Gasteiger partial charge in [-0.15, -0.1) is 0 Å². The highest BCUT2D eigenvalue weighted by atomic mass is 35.5. The number of hydrogen-bond donors (Lipinski definition) is 1. The third-order valence-corrected chi connectivity index (χ3v) is 2.54. The van der Waals surface area contributed by atoms with E-state index in [1.165, 1.54) is 17.0 Å². The van der Waals surface area contributed by atoms with Crippen molar-refractivity contribution in [3.05, 3.63) is 23.1 Å². The van der Waals surface area contributed by atoms with Gasteiger partial charge in [-0.3, -0.25) is 9.59 Å². The summed E-state index contributed by atoms with van der Waals surface area (Å²) in [4.78, 5) is 24.6. The van der Waals surface area contributed by atoms with Crippen LogP contribution in [0.2, 0.25) is 5.22 Å². The van der Waals surface area contributed by atoms with Crippen LogP contribution in [0.3, 0.4) is 0 Å². The number of hydrogen-bond acceptors (Lipinski definition) is 3. The monoisotopic (exact) mass is 242 g/mol. The number of carbonyl (C=O) groups excluding carboxylic acids is 2. The molecule has 6 heteroatoms. The highest BCUT2D eigenvalue weighted by molar-refractivity contribution is 6.29. The van der Waals surface area contributed by atoms with E-state index >= 15 is 0 Å². The fraction of sp³-hybridized carbons (Fsp3) is 0.400. The zero-order valence-electron chi connectivity index (χ0n) is 8.53. The number of halogens is 1. The first-order valence-corrected chi connectivity index (χ1v) is 5.36. The molecule has 0 saturated carbocycles. The van der Waals surface area contributed by atoms with Gasteiger partial charge in [-0.2, -0.15) is 0 Å². The van der Waals surface area contributed by atoms with Crippen molar-refractivity contribution in [2.75, 3.05) is 19.6 Å². The van der Waals surface area contributed by atoms with Gasteiger partial charge in [0.15, 0.2) is 11.0 Å². The normalized spacial score (nSPS) is 16.8. The standard InChI is InChI=1S/C10H11ClN2O3/c11-8-3-2-7(16-8)10(15)13-5-1-4-12-9(14)6-13/h2-3H,1,4-6H2,(H,12,14). The van der Waals surface area contributed by atoms with Crippen LogP contribution in [-0.2, 0) is 4.79 Å². The Labute approximate surface area is 97.3 Å². The van der Waals surface area contributed by atoms with Crippen LogP contribution in [0.1, 0.15) is 17.0 Å². The Morgan fingerprint density at radius 3 is 3.00 bits per heavy atom. The lowest BCUT2D eigenvalue weighted by molar-refractivity contribution is -0.121. The van der Waals surface area contributed by atoms with Gasteiger partial charge >= 0.3 is 0 Å². The molecule has 1 aromatic heterocycles. The molecule has 0 radical (unpaired) electrons. The maximum atomic E-state index is 11.9. The fourth-order valence-electron chi connectivity index (χ4n) is 1.56. The highest BCUT2D eigenvalue weighted by Gasteiger charge is 2.23. The molecule has 2 amide bonds. The fourth-order valence-corrected chi connectivity index (χ4v) is 1.71. The Kier molecular flexibility index (Phi) is 3.14. The number of furan rings is 1. The second kappa shape index (κ2) is 4.57. The van der Waals surface area contributed by atoms with E-state index in [-0.39, 0.29) is 29.3 Å². The summed E-state index contributed by atoms with van der Waals surface area (Å²) in [5.74, 6) is -0.285. The molecule has 0 unspecified atom stereocenters. The number of carbonyl (C=O) groups is 2. The van der Waals surface area contributed by atoms with E-state index in [2.05, 4.69) is 5.32 Å². The molecule has 1 saturated heterocycles. The van der Waals surface area contributed by atoms with E-state index in [1.807, 2.05) is 0 Å².